The summed E-state index contributed by atoms with van der Waals surface area (Å²) < 4.78 is 6.84. The molecule has 0 saturated carbocycles. The van der Waals surface area contributed by atoms with Crippen molar-refractivity contribution in [2.45, 2.75) is 13.5 Å². The summed E-state index contributed by atoms with van der Waals surface area (Å²) >= 11 is 1.01. The minimum Gasteiger partial charge on any atom is -0.478 e. The first-order valence-electron chi connectivity index (χ1n) is 9.55. The lowest BCUT2D eigenvalue weighted by Crippen LogP contribution is -2.32. The highest BCUT2D eigenvalue weighted by atomic mass is 32.1. The number of hydrogen-bond donors (Lipinski definition) is 2. The number of hydrogen-bond acceptors (Lipinski definition) is 7. The zero-order valence-corrected chi connectivity index (χ0v) is 17.9. The fraction of sp³-hybridized carbons (Fsp3) is 0.130. The molecule has 0 aliphatic carbocycles. The van der Waals surface area contributed by atoms with Crippen LogP contribution in [0.2, 0.25) is 0 Å². The summed E-state index contributed by atoms with van der Waals surface area (Å²) in [5, 5.41) is 23.2. The van der Waals surface area contributed by atoms with Gasteiger partial charge in [0.25, 0.3) is 5.56 Å². The number of aromatic nitrogens is 1. The van der Waals surface area contributed by atoms with Gasteiger partial charge in [0.2, 0.25) is 0 Å². The van der Waals surface area contributed by atoms with Gasteiger partial charge in [-0.15, -0.1) is 11.3 Å². The normalized spacial score (nSPS) is 12.2. The molecule has 0 fully saturated rings. The summed E-state index contributed by atoms with van der Waals surface area (Å²) in [5.74, 6) is -1.81. The summed E-state index contributed by atoms with van der Waals surface area (Å²) in [7, 11) is 0. The van der Waals surface area contributed by atoms with E-state index in [-0.39, 0.29) is 34.5 Å². The van der Waals surface area contributed by atoms with E-state index in [1.807, 2.05) is 12.1 Å². The third-order valence-electron chi connectivity index (χ3n) is 4.54. The molecule has 32 heavy (non-hydrogen) atoms. The molecule has 0 amide bonds. The Kier molecular flexibility index (Phi) is 6.87. The van der Waals surface area contributed by atoms with Crippen molar-refractivity contribution in [1.29, 1.82) is 5.26 Å². The van der Waals surface area contributed by atoms with E-state index in [0.717, 1.165) is 22.1 Å². The molecule has 0 spiro atoms. The molecule has 0 saturated heterocycles. The predicted octanol–water partition coefficient (Wildman–Crippen LogP) is 2.03. The van der Waals surface area contributed by atoms with E-state index in [1.165, 1.54) is 22.9 Å². The molecular formula is C23H19N3O5S. The van der Waals surface area contributed by atoms with Gasteiger partial charge in [-0.05, 0) is 42.0 Å². The summed E-state index contributed by atoms with van der Waals surface area (Å²) in [5.41, 5.74) is 0.312. The minimum atomic E-state index is -0.995. The van der Waals surface area contributed by atoms with Crippen molar-refractivity contribution in [3.05, 3.63) is 74.2 Å². The summed E-state index contributed by atoms with van der Waals surface area (Å²) in [4.78, 5) is 36.1. The van der Waals surface area contributed by atoms with E-state index in [2.05, 4.69) is 11.9 Å². The third kappa shape index (κ3) is 4.61. The smallest absolute Gasteiger partial charge is 0.352 e. The zero-order chi connectivity index (χ0) is 23.3. The van der Waals surface area contributed by atoms with Crippen LogP contribution in [-0.4, -0.2) is 28.2 Å². The number of aromatic carboxylic acids is 1. The second-order valence-corrected chi connectivity index (χ2v) is 7.60. The maximum atomic E-state index is 12.8. The molecule has 9 heteroatoms. The van der Waals surface area contributed by atoms with Gasteiger partial charge >= 0.3 is 11.9 Å². The quantitative estimate of drug-likeness (QED) is 0.418. The molecule has 1 aromatic heterocycles. The molecule has 0 atom stereocenters. The van der Waals surface area contributed by atoms with Crippen LogP contribution in [0.5, 0.6) is 0 Å². The lowest BCUT2D eigenvalue weighted by molar-refractivity contribution is -0.135. The number of carbonyl (C=O) groups excluding carboxylic acids is 1. The molecule has 8 nitrogen and oxygen atoms in total. The van der Waals surface area contributed by atoms with Gasteiger partial charge in [-0.3, -0.25) is 9.36 Å². The van der Waals surface area contributed by atoms with Gasteiger partial charge in [-0.2, -0.15) is 5.26 Å². The molecule has 0 aliphatic heterocycles. The maximum absolute atomic E-state index is 12.8. The van der Waals surface area contributed by atoms with Gasteiger partial charge in [0.05, 0.1) is 5.56 Å². The molecule has 3 aromatic rings. The first-order valence-corrected chi connectivity index (χ1v) is 10.4. The second-order valence-electron chi connectivity index (χ2n) is 6.57. The van der Waals surface area contributed by atoms with E-state index in [0.29, 0.717) is 10.2 Å². The molecular weight excluding hydrogens is 430 g/mol. The van der Waals surface area contributed by atoms with Crippen LogP contribution >= 0.6 is 11.3 Å². The highest BCUT2D eigenvalue weighted by Crippen LogP contribution is 2.20. The van der Waals surface area contributed by atoms with Crippen LogP contribution in [-0.2, 0) is 16.1 Å². The molecule has 0 bridgehead atoms. The average molecular weight is 449 g/mol. The van der Waals surface area contributed by atoms with E-state index in [1.54, 1.807) is 31.2 Å². The number of nitrogens with one attached hydrogen (secondary N) is 1. The fourth-order valence-corrected chi connectivity index (χ4v) is 4.07. The number of carbonyl (C=O) groups is 2. The number of ether oxygens (including phenoxy) is 1. The van der Waals surface area contributed by atoms with Crippen LogP contribution in [0, 0.1) is 11.3 Å². The van der Waals surface area contributed by atoms with E-state index in [9.17, 15) is 19.6 Å². The summed E-state index contributed by atoms with van der Waals surface area (Å²) in [6.07, 6.45) is 2.91. The number of anilines is 1. The van der Waals surface area contributed by atoms with Crippen LogP contribution < -0.4 is 20.1 Å². The standard InChI is InChI=1S/C23H19N3O5S/c1-3-9-31-23(30)18(12-24)21-26(4-2)20(27)19(32-21)13-25-17-8-7-14-10-16(22(28)29)6-5-15(14)11-17/h3,5-8,10-11,13,25H,1,4,9H2,2H3,(H,28,29). The lowest BCUT2D eigenvalue weighted by atomic mass is 10.1. The number of thiazole rings is 1. The van der Waals surface area contributed by atoms with Crippen LogP contribution in [0.15, 0.2) is 53.8 Å². The number of nitrogens with zero attached hydrogens (tertiary/aromatic N) is 2. The SMILES string of the molecule is C=CCOC(=O)C(C#N)=c1sc(=CNc2ccc3cc(C(=O)O)ccc3c2)c(=O)n1CC. The van der Waals surface area contributed by atoms with Gasteiger partial charge in [0.15, 0.2) is 5.57 Å². The Morgan fingerprint density at radius 3 is 2.66 bits per heavy atom. The molecule has 3 rings (SSSR count). The highest BCUT2D eigenvalue weighted by molar-refractivity contribution is 7.07. The van der Waals surface area contributed by atoms with Gasteiger partial charge in [0.1, 0.15) is 21.9 Å². The number of rotatable bonds is 7. The number of carboxylic acids is 1. The number of nitriles is 1. The number of benzene rings is 2. The Bertz CT molecular complexity index is 1440. The number of fused-ring (bicyclic) bond motifs is 1. The molecule has 162 valence electrons. The van der Waals surface area contributed by atoms with Gasteiger partial charge in [0, 0.05) is 18.4 Å². The van der Waals surface area contributed by atoms with Crippen molar-refractivity contribution >= 4 is 51.5 Å². The fourth-order valence-electron chi connectivity index (χ4n) is 3.00. The van der Waals surface area contributed by atoms with Gasteiger partial charge in [-0.25, -0.2) is 9.59 Å². The third-order valence-corrected chi connectivity index (χ3v) is 5.67. The second kappa shape index (κ2) is 9.76. The Morgan fingerprint density at radius 1 is 1.28 bits per heavy atom. The Hall–Kier alpha value is -4.16. The maximum Gasteiger partial charge on any atom is 0.352 e. The molecule has 0 aliphatic rings. The predicted molar refractivity (Wildman–Crippen MR) is 123 cm³/mol. The van der Waals surface area contributed by atoms with Crippen LogP contribution in [0.3, 0.4) is 0 Å². The molecule has 0 unspecified atom stereocenters. The van der Waals surface area contributed by atoms with Gasteiger partial charge < -0.3 is 15.2 Å². The minimum absolute atomic E-state index is 0.0395. The van der Waals surface area contributed by atoms with Crippen LogP contribution in [0.25, 0.3) is 22.5 Å². The van der Waals surface area contributed by atoms with Crippen molar-refractivity contribution < 1.29 is 19.4 Å². The van der Waals surface area contributed by atoms with Crippen molar-refractivity contribution in [1.82, 2.24) is 4.57 Å². The van der Waals surface area contributed by atoms with Crippen molar-refractivity contribution in [3.63, 3.8) is 0 Å². The molecule has 1 heterocycles. The zero-order valence-electron chi connectivity index (χ0n) is 17.1. The van der Waals surface area contributed by atoms with E-state index in [4.69, 9.17) is 9.84 Å². The first kappa shape index (κ1) is 22.5. The largest absolute Gasteiger partial charge is 0.478 e. The van der Waals surface area contributed by atoms with Crippen LogP contribution in [0.4, 0.5) is 5.69 Å². The summed E-state index contributed by atoms with van der Waals surface area (Å²) in [6, 6.07) is 12.0. The van der Waals surface area contributed by atoms with Crippen molar-refractivity contribution in [2.75, 3.05) is 11.9 Å². The monoisotopic (exact) mass is 449 g/mol. The van der Waals surface area contributed by atoms with E-state index >= 15 is 0 Å². The Balaban J connectivity index is 2.02. The Labute approximate surface area is 186 Å². The van der Waals surface area contributed by atoms with Crippen molar-refractivity contribution in [3.8, 4) is 6.07 Å². The Morgan fingerprint density at radius 2 is 2.00 bits per heavy atom. The number of esters is 1. The molecule has 2 aromatic carbocycles. The average Bonchev–Trinajstić information content (AvgIpc) is 3.11. The van der Waals surface area contributed by atoms with E-state index < -0.39 is 11.9 Å². The lowest BCUT2D eigenvalue weighted by Gasteiger charge is -2.04. The van der Waals surface area contributed by atoms with Gasteiger partial charge in [-0.1, -0.05) is 24.8 Å². The first-order chi connectivity index (χ1) is 15.4. The van der Waals surface area contributed by atoms with Crippen LogP contribution in [0.1, 0.15) is 17.3 Å². The highest BCUT2D eigenvalue weighted by Gasteiger charge is 2.16. The summed E-state index contributed by atoms with van der Waals surface area (Å²) in [6.45, 7) is 5.45. The van der Waals surface area contributed by atoms with Crippen molar-refractivity contribution in [2.24, 2.45) is 0 Å². The topological polar surface area (TPSA) is 121 Å². The molecule has 0 radical (unpaired) electrons. The molecule has 2 N–H and O–H groups in total. The number of carboxylic acid groups (broad SMARTS) is 1.